The maximum atomic E-state index is 12.0. The number of rotatable bonds is 5. The van der Waals surface area contributed by atoms with Gasteiger partial charge in [0.05, 0.1) is 6.33 Å². The molecule has 0 fully saturated rings. The molecule has 0 saturated carbocycles. The third-order valence-corrected chi connectivity index (χ3v) is 3.66. The van der Waals surface area contributed by atoms with Crippen LogP contribution in [0.1, 0.15) is 32.7 Å². The first-order chi connectivity index (χ1) is 8.92. The fourth-order valence-electron chi connectivity index (χ4n) is 1.35. The molecule has 2 aromatic heterocycles. The van der Waals surface area contributed by atoms with Gasteiger partial charge in [-0.2, -0.15) is 13.4 Å². The van der Waals surface area contributed by atoms with Gasteiger partial charge in [0.1, 0.15) is 0 Å². The lowest BCUT2D eigenvalue weighted by Crippen LogP contribution is -2.14. The molecule has 8 nitrogen and oxygen atoms in total. The van der Waals surface area contributed by atoms with Crippen molar-refractivity contribution in [1.82, 2.24) is 19.7 Å². The smallest absolute Gasteiger partial charge is 0.283 e. The van der Waals surface area contributed by atoms with Gasteiger partial charge < -0.3 is 9.09 Å². The molecule has 0 spiro atoms. The van der Waals surface area contributed by atoms with Gasteiger partial charge in [-0.05, 0) is 19.0 Å². The highest BCUT2D eigenvalue weighted by molar-refractivity contribution is 7.92. The Kier molecular flexibility index (Phi) is 3.56. The lowest BCUT2D eigenvalue weighted by Gasteiger charge is -2.04. The van der Waals surface area contributed by atoms with Gasteiger partial charge in [-0.15, -0.1) is 0 Å². The number of imidazole rings is 1. The van der Waals surface area contributed by atoms with Gasteiger partial charge in [-0.1, -0.05) is 6.92 Å². The van der Waals surface area contributed by atoms with E-state index in [9.17, 15) is 8.42 Å². The zero-order chi connectivity index (χ0) is 14.0. The van der Waals surface area contributed by atoms with E-state index in [1.54, 1.807) is 4.57 Å². The average molecular weight is 285 g/mol. The fraction of sp³-hybridized carbons (Fsp3) is 0.500. The molecule has 19 heavy (non-hydrogen) atoms. The van der Waals surface area contributed by atoms with Crippen molar-refractivity contribution in [1.29, 1.82) is 0 Å². The molecule has 2 heterocycles. The molecule has 0 aliphatic heterocycles. The van der Waals surface area contributed by atoms with E-state index in [2.05, 4.69) is 19.8 Å². The summed E-state index contributed by atoms with van der Waals surface area (Å²) in [6, 6.07) is 0.133. The quantitative estimate of drug-likeness (QED) is 0.885. The van der Waals surface area contributed by atoms with Crippen molar-refractivity contribution < 1.29 is 12.9 Å². The zero-order valence-electron chi connectivity index (χ0n) is 10.9. The van der Waals surface area contributed by atoms with Crippen LogP contribution in [0.15, 0.2) is 22.1 Å². The minimum absolute atomic E-state index is 0.0796. The molecule has 0 aliphatic carbocycles. The Morgan fingerprint density at radius 1 is 1.47 bits per heavy atom. The number of hydrogen-bond acceptors (Lipinski definition) is 6. The Bertz CT molecular complexity index is 658. The van der Waals surface area contributed by atoms with Crippen LogP contribution in [0, 0.1) is 0 Å². The summed E-state index contributed by atoms with van der Waals surface area (Å²) in [6.45, 7) is 5.69. The van der Waals surface area contributed by atoms with Crippen molar-refractivity contribution in [2.24, 2.45) is 0 Å². The first-order valence-electron chi connectivity index (χ1n) is 5.81. The maximum Gasteiger partial charge on any atom is 0.283 e. The van der Waals surface area contributed by atoms with Crippen molar-refractivity contribution in [3.05, 3.63) is 18.4 Å². The molecule has 104 valence electrons. The van der Waals surface area contributed by atoms with E-state index in [0.29, 0.717) is 12.3 Å². The molecule has 0 amide bonds. The van der Waals surface area contributed by atoms with Crippen molar-refractivity contribution in [2.75, 3.05) is 4.72 Å². The van der Waals surface area contributed by atoms with Gasteiger partial charge in [-0.3, -0.25) is 0 Å². The SMILES string of the molecule is CCc1nc(NS(=O)(=O)c2cn(C(C)C)cn2)no1. The van der Waals surface area contributed by atoms with Gasteiger partial charge in [0.25, 0.3) is 16.0 Å². The summed E-state index contributed by atoms with van der Waals surface area (Å²) in [6.07, 6.45) is 3.46. The molecule has 2 aromatic rings. The Morgan fingerprint density at radius 2 is 2.21 bits per heavy atom. The molecule has 0 aliphatic rings. The molecule has 0 saturated heterocycles. The third-order valence-electron chi connectivity index (χ3n) is 2.45. The number of nitrogens with one attached hydrogen (secondary N) is 1. The standard InChI is InChI=1S/C10H15N5O3S/c1-4-8-12-10(13-18-8)14-19(16,17)9-5-15(6-11-9)7(2)3/h5-7H,4H2,1-3H3,(H,13,14). The van der Waals surface area contributed by atoms with E-state index in [4.69, 9.17) is 4.52 Å². The van der Waals surface area contributed by atoms with Crippen molar-refractivity contribution in [3.8, 4) is 0 Å². The van der Waals surface area contributed by atoms with E-state index < -0.39 is 10.0 Å². The highest BCUT2D eigenvalue weighted by Crippen LogP contribution is 2.14. The van der Waals surface area contributed by atoms with Gasteiger partial charge in [0.15, 0.2) is 5.03 Å². The van der Waals surface area contributed by atoms with Gasteiger partial charge in [0.2, 0.25) is 5.89 Å². The second-order valence-electron chi connectivity index (χ2n) is 4.22. The number of anilines is 1. The predicted octanol–water partition coefficient (Wildman–Crippen LogP) is 1.21. The van der Waals surface area contributed by atoms with E-state index in [0.717, 1.165) is 0 Å². The molecule has 0 atom stereocenters. The minimum atomic E-state index is -3.79. The first kappa shape index (κ1) is 13.5. The largest absolute Gasteiger partial charge is 0.337 e. The number of aryl methyl sites for hydroxylation is 1. The second-order valence-corrected chi connectivity index (χ2v) is 5.85. The number of aromatic nitrogens is 4. The molecule has 0 unspecified atom stereocenters. The average Bonchev–Trinajstić information content (AvgIpc) is 2.95. The molecule has 1 N–H and O–H groups in total. The summed E-state index contributed by atoms with van der Waals surface area (Å²) in [5.41, 5.74) is 0. The topological polar surface area (TPSA) is 103 Å². The van der Waals surface area contributed by atoms with Crippen LogP contribution in [0.5, 0.6) is 0 Å². The number of hydrogen-bond donors (Lipinski definition) is 1. The van der Waals surface area contributed by atoms with Crippen LogP contribution >= 0.6 is 0 Å². The van der Waals surface area contributed by atoms with Crippen LogP contribution in [-0.2, 0) is 16.4 Å². The van der Waals surface area contributed by atoms with E-state index in [-0.39, 0.29) is 17.0 Å². The summed E-state index contributed by atoms with van der Waals surface area (Å²) < 4.78 is 32.8. The summed E-state index contributed by atoms with van der Waals surface area (Å²) in [7, 11) is -3.79. The zero-order valence-corrected chi connectivity index (χ0v) is 11.7. The Balaban J connectivity index is 2.21. The Labute approximate surface area is 110 Å². The van der Waals surface area contributed by atoms with Crippen molar-refractivity contribution in [2.45, 2.75) is 38.3 Å². The minimum Gasteiger partial charge on any atom is -0.337 e. The molecule has 9 heteroatoms. The van der Waals surface area contributed by atoms with Gasteiger partial charge >= 0.3 is 0 Å². The van der Waals surface area contributed by atoms with Gasteiger partial charge in [-0.25, -0.2) is 9.71 Å². The van der Waals surface area contributed by atoms with Crippen LogP contribution in [0.25, 0.3) is 0 Å². The van der Waals surface area contributed by atoms with E-state index in [1.807, 2.05) is 20.8 Å². The van der Waals surface area contributed by atoms with Crippen LogP contribution in [0.4, 0.5) is 5.95 Å². The third kappa shape index (κ3) is 2.92. The highest BCUT2D eigenvalue weighted by atomic mass is 32.2. The van der Waals surface area contributed by atoms with Crippen molar-refractivity contribution in [3.63, 3.8) is 0 Å². The molecule has 0 radical (unpaired) electrons. The predicted molar refractivity (Wildman–Crippen MR) is 67.1 cm³/mol. The highest BCUT2D eigenvalue weighted by Gasteiger charge is 2.20. The normalized spacial score (nSPS) is 12.0. The lowest BCUT2D eigenvalue weighted by atomic mass is 10.4. The summed E-state index contributed by atoms with van der Waals surface area (Å²) >= 11 is 0. The fourth-order valence-corrected chi connectivity index (χ4v) is 2.23. The Hall–Kier alpha value is -1.90. The molecular formula is C10H15N5O3S. The van der Waals surface area contributed by atoms with Crippen LogP contribution < -0.4 is 4.72 Å². The second kappa shape index (κ2) is 5.00. The number of nitrogens with zero attached hydrogens (tertiary/aromatic N) is 4. The van der Waals surface area contributed by atoms with Crippen molar-refractivity contribution >= 4 is 16.0 Å². The number of sulfonamides is 1. The molecule has 2 rings (SSSR count). The van der Waals surface area contributed by atoms with Gasteiger partial charge in [0, 0.05) is 18.7 Å². The summed E-state index contributed by atoms with van der Waals surface area (Å²) in [4.78, 5) is 7.74. The lowest BCUT2D eigenvalue weighted by molar-refractivity contribution is 0.383. The molecule has 0 bridgehead atoms. The van der Waals surface area contributed by atoms with E-state index >= 15 is 0 Å². The monoisotopic (exact) mass is 285 g/mol. The maximum absolute atomic E-state index is 12.0. The van der Waals surface area contributed by atoms with E-state index in [1.165, 1.54) is 12.5 Å². The molecular weight excluding hydrogens is 270 g/mol. The Morgan fingerprint density at radius 3 is 2.74 bits per heavy atom. The summed E-state index contributed by atoms with van der Waals surface area (Å²) in [5, 5.41) is 3.45. The summed E-state index contributed by atoms with van der Waals surface area (Å²) in [5.74, 6) is 0.279. The first-order valence-corrected chi connectivity index (χ1v) is 7.29. The molecule has 0 aromatic carbocycles. The van der Waals surface area contributed by atoms with Crippen LogP contribution in [0.2, 0.25) is 0 Å². The van der Waals surface area contributed by atoms with Crippen LogP contribution in [-0.4, -0.2) is 28.1 Å². The van der Waals surface area contributed by atoms with Crippen LogP contribution in [0.3, 0.4) is 0 Å².